The summed E-state index contributed by atoms with van der Waals surface area (Å²) < 4.78 is 0. The van der Waals surface area contributed by atoms with Crippen LogP contribution in [0.15, 0.2) is 12.4 Å². The van der Waals surface area contributed by atoms with E-state index in [1.54, 1.807) is 6.20 Å². The standard InChI is InChI=1S/C14H20N4O/c1-10-7-17-11(8-16-10)12(19)18-14-4-2-3-13(15,9-14)5-6-14/h7-8H,2-6,9,15H2,1H3,(H,18,19). The molecule has 2 bridgehead atoms. The molecule has 0 saturated heterocycles. The molecule has 5 nitrogen and oxygen atoms in total. The molecule has 3 rings (SSSR count). The van der Waals surface area contributed by atoms with Gasteiger partial charge in [-0.15, -0.1) is 0 Å². The second kappa shape index (κ2) is 4.27. The number of fused-ring (bicyclic) bond motifs is 2. The molecular formula is C14H20N4O. The Kier molecular flexibility index (Phi) is 2.82. The zero-order chi connectivity index (χ0) is 13.5. The molecule has 1 aromatic heterocycles. The summed E-state index contributed by atoms with van der Waals surface area (Å²) in [6.07, 6.45) is 9.23. The van der Waals surface area contributed by atoms with Gasteiger partial charge >= 0.3 is 0 Å². The first-order chi connectivity index (χ1) is 9.00. The van der Waals surface area contributed by atoms with Crippen LogP contribution in [0.3, 0.4) is 0 Å². The summed E-state index contributed by atoms with van der Waals surface area (Å²) in [6.45, 7) is 1.86. The molecule has 1 amide bonds. The Bertz CT molecular complexity index is 501. The molecule has 0 aliphatic heterocycles. The zero-order valence-electron chi connectivity index (χ0n) is 11.3. The van der Waals surface area contributed by atoms with E-state index in [-0.39, 0.29) is 17.0 Å². The van der Waals surface area contributed by atoms with Gasteiger partial charge in [-0.1, -0.05) is 0 Å². The molecule has 2 aliphatic carbocycles. The third-order valence-electron chi connectivity index (χ3n) is 4.51. The summed E-state index contributed by atoms with van der Waals surface area (Å²) >= 11 is 0. The van der Waals surface area contributed by atoms with E-state index >= 15 is 0 Å². The van der Waals surface area contributed by atoms with E-state index in [4.69, 9.17) is 5.73 Å². The van der Waals surface area contributed by atoms with Crippen molar-refractivity contribution in [3.63, 3.8) is 0 Å². The molecular weight excluding hydrogens is 240 g/mol. The van der Waals surface area contributed by atoms with Gasteiger partial charge in [0.2, 0.25) is 0 Å². The number of nitrogens with one attached hydrogen (secondary N) is 1. The first-order valence-corrected chi connectivity index (χ1v) is 6.91. The van der Waals surface area contributed by atoms with Gasteiger partial charge in [0.05, 0.1) is 11.9 Å². The molecule has 0 spiro atoms. The fourth-order valence-electron chi connectivity index (χ4n) is 3.53. The van der Waals surface area contributed by atoms with E-state index in [1.807, 2.05) is 6.92 Å². The number of nitrogens with two attached hydrogens (primary N) is 1. The molecule has 2 saturated carbocycles. The van der Waals surface area contributed by atoms with E-state index in [0.29, 0.717) is 5.69 Å². The fraction of sp³-hybridized carbons (Fsp3) is 0.643. The summed E-state index contributed by atoms with van der Waals surface area (Å²) in [6, 6.07) is 0. The van der Waals surface area contributed by atoms with Gasteiger partial charge in [0, 0.05) is 17.3 Å². The van der Waals surface area contributed by atoms with Crippen LogP contribution < -0.4 is 11.1 Å². The number of hydrogen-bond donors (Lipinski definition) is 2. The topological polar surface area (TPSA) is 80.9 Å². The van der Waals surface area contributed by atoms with E-state index in [1.165, 1.54) is 6.20 Å². The number of aromatic nitrogens is 2. The molecule has 0 radical (unpaired) electrons. The van der Waals surface area contributed by atoms with Crippen LogP contribution in [0.1, 0.15) is 54.7 Å². The van der Waals surface area contributed by atoms with E-state index in [9.17, 15) is 4.79 Å². The first kappa shape index (κ1) is 12.5. The largest absolute Gasteiger partial charge is 0.345 e. The number of hydrogen-bond acceptors (Lipinski definition) is 4. The summed E-state index contributed by atoms with van der Waals surface area (Å²) in [5, 5.41) is 3.16. The van der Waals surface area contributed by atoms with Crippen LogP contribution in [0.2, 0.25) is 0 Å². The molecule has 2 atom stereocenters. The van der Waals surface area contributed by atoms with Crippen LogP contribution in [0.5, 0.6) is 0 Å². The quantitative estimate of drug-likeness (QED) is 0.840. The maximum absolute atomic E-state index is 12.3. The van der Waals surface area contributed by atoms with E-state index < -0.39 is 0 Å². The van der Waals surface area contributed by atoms with E-state index in [2.05, 4.69) is 15.3 Å². The van der Waals surface area contributed by atoms with Crippen LogP contribution >= 0.6 is 0 Å². The smallest absolute Gasteiger partial charge is 0.271 e. The zero-order valence-corrected chi connectivity index (χ0v) is 11.3. The van der Waals surface area contributed by atoms with Crippen LogP contribution in [0.4, 0.5) is 0 Å². The maximum atomic E-state index is 12.3. The third kappa shape index (κ3) is 2.34. The van der Waals surface area contributed by atoms with E-state index in [0.717, 1.165) is 44.2 Å². The number of carbonyl (C=O) groups excluding carboxylic acids is 1. The lowest BCUT2D eigenvalue weighted by atomic mass is 9.79. The number of rotatable bonds is 2. The van der Waals surface area contributed by atoms with Crippen LogP contribution in [-0.4, -0.2) is 27.0 Å². The van der Waals surface area contributed by atoms with Crippen molar-refractivity contribution >= 4 is 5.91 Å². The SMILES string of the molecule is Cc1cnc(C(=O)NC23CCCC(N)(CC2)C3)cn1. The Morgan fingerprint density at radius 1 is 1.26 bits per heavy atom. The van der Waals surface area contributed by atoms with Crippen molar-refractivity contribution in [3.8, 4) is 0 Å². The normalized spacial score (nSPS) is 33.2. The Morgan fingerprint density at radius 3 is 2.84 bits per heavy atom. The molecule has 2 fully saturated rings. The molecule has 1 heterocycles. The van der Waals surface area contributed by atoms with Gasteiger partial charge in [0.1, 0.15) is 5.69 Å². The average Bonchev–Trinajstić information content (AvgIpc) is 2.60. The van der Waals surface area contributed by atoms with Gasteiger partial charge in [-0.2, -0.15) is 0 Å². The second-order valence-corrected chi connectivity index (χ2v) is 6.17. The molecule has 3 N–H and O–H groups in total. The minimum Gasteiger partial charge on any atom is -0.345 e. The summed E-state index contributed by atoms with van der Waals surface area (Å²) in [7, 11) is 0. The van der Waals surface area contributed by atoms with Crippen molar-refractivity contribution in [3.05, 3.63) is 23.8 Å². The average molecular weight is 260 g/mol. The number of aryl methyl sites for hydroxylation is 1. The van der Waals surface area contributed by atoms with Crippen LogP contribution in [0, 0.1) is 6.92 Å². The minimum absolute atomic E-state index is 0.0650. The van der Waals surface area contributed by atoms with Gasteiger partial charge in [-0.3, -0.25) is 9.78 Å². The van der Waals surface area contributed by atoms with Crippen LogP contribution in [-0.2, 0) is 0 Å². The fourth-order valence-corrected chi connectivity index (χ4v) is 3.53. The van der Waals surface area contributed by atoms with Crippen molar-refractivity contribution in [1.82, 2.24) is 15.3 Å². The van der Waals surface area contributed by atoms with Gasteiger partial charge in [-0.25, -0.2) is 4.98 Å². The Hall–Kier alpha value is -1.49. The number of carbonyl (C=O) groups is 1. The molecule has 0 aromatic carbocycles. The highest BCUT2D eigenvalue weighted by molar-refractivity contribution is 5.92. The molecule has 102 valence electrons. The molecule has 2 aliphatic rings. The minimum atomic E-state index is -0.126. The molecule has 19 heavy (non-hydrogen) atoms. The highest BCUT2D eigenvalue weighted by Crippen LogP contribution is 2.46. The highest BCUT2D eigenvalue weighted by Gasteiger charge is 2.49. The Labute approximate surface area is 113 Å². The van der Waals surface area contributed by atoms with Gasteiger partial charge in [0.15, 0.2) is 0 Å². The summed E-state index contributed by atoms with van der Waals surface area (Å²) in [5.41, 5.74) is 7.36. The predicted octanol–water partition coefficient (Wildman–Crippen LogP) is 1.32. The number of nitrogens with zero attached hydrogens (tertiary/aromatic N) is 2. The van der Waals surface area contributed by atoms with Gasteiger partial charge < -0.3 is 11.1 Å². The number of amides is 1. The van der Waals surface area contributed by atoms with Gasteiger partial charge in [-0.05, 0) is 45.4 Å². The Morgan fingerprint density at radius 2 is 2.11 bits per heavy atom. The first-order valence-electron chi connectivity index (χ1n) is 6.91. The lowest BCUT2D eigenvalue weighted by molar-refractivity contribution is 0.0871. The van der Waals surface area contributed by atoms with Gasteiger partial charge in [0.25, 0.3) is 5.91 Å². The van der Waals surface area contributed by atoms with Crippen molar-refractivity contribution in [2.45, 2.75) is 56.5 Å². The van der Waals surface area contributed by atoms with Crippen molar-refractivity contribution in [2.75, 3.05) is 0 Å². The monoisotopic (exact) mass is 260 g/mol. The summed E-state index contributed by atoms with van der Waals surface area (Å²) in [5.74, 6) is -0.126. The molecule has 5 heteroatoms. The Balaban J connectivity index is 1.74. The van der Waals surface area contributed by atoms with Crippen molar-refractivity contribution in [2.24, 2.45) is 5.73 Å². The maximum Gasteiger partial charge on any atom is 0.271 e. The lowest BCUT2D eigenvalue weighted by Gasteiger charge is -2.37. The third-order valence-corrected chi connectivity index (χ3v) is 4.51. The van der Waals surface area contributed by atoms with Crippen LogP contribution in [0.25, 0.3) is 0 Å². The lowest BCUT2D eigenvalue weighted by Crippen LogP contribution is -2.52. The second-order valence-electron chi connectivity index (χ2n) is 6.17. The highest BCUT2D eigenvalue weighted by atomic mass is 16.2. The molecule has 2 unspecified atom stereocenters. The predicted molar refractivity (Wildman–Crippen MR) is 71.6 cm³/mol. The van der Waals surface area contributed by atoms with Crippen molar-refractivity contribution in [1.29, 1.82) is 0 Å². The molecule has 1 aromatic rings. The summed E-state index contributed by atoms with van der Waals surface area (Å²) in [4.78, 5) is 20.5. The van der Waals surface area contributed by atoms with Crippen molar-refractivity contribution < 1.29 is 4.79 Å².